The second-order valence-corrected chi connectivity index (χ2v) is 2.26. The lowest BCUT2D eigenvalue weighted by Gasteiger charge is -2.33. The number of likely N-dealkylation sites (N-methyl/N-ethyl adjacent to an activating group) is 1. The molecule has 0 amide bonds. The van der Waals surface area contributed by atoms with Gasteiger partial charge in [0.25, 0.3) is 0 Å². The summed E-state index contributed by atoms with van der Waals surface area (Å²) in [7, 11) is 2.13. The fourth-order valence-electron chi connectivity index (χ4n) is 0.736. The van der Waals surface area contributed by atoms with Crippen LogP contribution in [0.5, 0.6) is 0 Å². The normalized spacial score (nSPS) is 21.4. The Morgan fingerprint density at radius 3 is 2.38 bits per heavy atom. The van der Waals surface area contributed by atoms with Gasteiger partial charge < -0.3 is 4.74 Å². The van der Waals surface area contributed by atoms with Gasteiger partial charge in [0.15, 0.2) is 0 Å². The van der Waals surface area contributed by atoms with E-state index in [4.69, 9.17) is 4.74 Å². The zero-order valence-electron chi connectivity index (χ0n) is 5.55. The second kappa shape index (κ2) is 2.46. The van der Waals surface area contributed by atoms with Crippen molar-refractivity contribution in [2.45, 2.75) is 13.0 Å². The number of rotatable bonds is 2. The van der Waals surface area contributed by atoms with Crippen molar-refractivity contribution in [2.24, 2.45) is 0 Å². The minimum absolute atomic E-state index is 0.708. The van der Waals surface area contributed by atoms with E-state index in [1.807, 2.05) is 0 Å². The van der Waals surface area contributed by atoms with E-state index in [0.717, 1.165) is 19.8 Å². The number of ether oxygens (including phenoxy) is 1. The smallest absolute Gasteiger partial charge is 0.0645 e. The molecule has 1 fully saturated rings. The fourth-order valence-corrected chi connectivity index (χ4v) is 0.736. The zero-order valence-corrected chi connectivity index (χ0v) is 5.55. The molecule has 8 heavy (non-hydrogen) atoms. The predicted molar refractivity (Wildman–Crippen MR) is 32.9 cm³/mol. The third-order valence-electron chi connectivity index (χ3n) is 1.74. The Bertz CT molecular complexity index is 68.2. The summed E-state index contributed by atoms with van der Waals surface area (Å²) in [5, 5.41) is 0. The first kappa shape index (κ1) is 6.05. The molecule has 2 heteroatoms. The van der Waals surface area contributed by atoms with Crippen LogP contribution in [0.25, 0.3) is 0 Å². The van der Waals surface area contributed by atoms with E-state index in [1.165, 1.54) is 0 Å². The molecule has 0 aromatic rings. The molecule has 48 valence electrons. The molecule has 0 aromatic heterocycles. The summed E-state index contributed by atoms with van der Waals surface area (Å²) in [5.74, 6) is 0. The molecule has 0 spiro atoms. The molecule has 1 aliphatic heterocycles. The molecule has 1 rings (SSSR count). The van der Waals surface area contributed by atoms with Gasteiger partial charge in [0.2, 0.25) is 0 Å². The van der Waals surface area contributed by atoms with Gasteiger partial charge >= 0.3 is 0 Å². The van der Waals surface area contributed by atoms with E-state index in [9.17, 15) is 0 Å². The summed E-state index contributed by atoms with van der Waals surface area (Å²) in [5.41, 5.74) is 0. The molecular weight excluding hydrogens is 102 g/mol. The minimum atomic E-state index is 0.708. The van der Waals surface area contributed by atoms with Crippen LogP contribution in [-0.4, -0.2) is 37.7 Å². The van der Waals surface area contributed by atoms with E-state index in [0.29, 0.717) is 6.04 Å². The van der Waals surface area contributed by atoms with Crippen LogP contribution in [0.3, 0.4) is 0 Å². The highest BCUT2D eigenvalue weighted by atomic mass is 16.5. The van der Waals surface area contributed by atoms with Gasteiger partial charge in [-0.1, -0.05) is 6.92 Å². The summed E-state index contributed by atoms with van der Waals surface area (Å²) in [6, 6.07) is 0.708. The molecule has 0 unspecified atom stereocenters. The second-order valence-electron chi connectivity index (χ2n) is 2.26. The number of hydrogen-bond donors (Lipinski definition) is 0. The van der Waals surface area contributed by atoms with Crippen molar-refractivity contribution < 1.29 is 4.74 Å². The van der Waals surface area contributed by atoms with Crippen LogP contribution in [0, 0.1) is 0 Å². The van der Waals surface area contributed by atoms with Crippen molar-refractivity contribution in [1.82, 2.24) is 4.90 Å². The minimum Gasteiger partial charge on any atom is -0.378 e. The van der Waals surface area contributed by atoms with Crippen molar-refractivity contribution in [3.8, 4) is 0 Å². The van der Waals surface area contributed by atoms with Crippen LogP contribution in [-0.2, 0) is 4.74 Å². The Balaban J connectivity index is 2.13. The largest absolute Gasteiger partial charge is 0.378 e. The Kier molecular flexibility index (Phi) is 1.86. The van der Waals surface area contributed by atoms with Crippen molar-refractivity contribution >= 4 is 0 Å². The highest BCUT2D eigenvalue weighted by Gasteiger charge is 2.20. The van der Waals surface area contributed by atoms with Gasteiger partial charge in [-0.25, -0.2) is 0 Å². The maximum absolute atomic E-state index is 5.02. The molecule has 0 saturated carbocycles. The van der Waals surface area contributed by atoms with E-state index in [1.54, 1.807) is 0 Å². The fraction of sp³-hybridized carbons (Fsp3) is 1.00. The standard InChI is InChI=1S/C6H13NO/c1-3-7(2)6-4-8-5-6/h6H,3-5H2,1-2H3. The van der Waals surface area contributed by atoms with Gasteiger partial charge in [0, 0.05) is 0 Å². The summed E-state index contributed by atoms with van der Waals surface area (Å²) in [6.07, 6.45) is 0. The summed E-state index contributed by atoms with van der Waals surface area (Å²) in [6.45, 7) is 5.17. The Morgan fingerprint density at radius 2 is 2.25 bits per heavy atom. The monoisotopic (exact) mass is 115 g/mol. The molecule has 2 nitrogen and oxygen atoms in total. The molecule has 1 aliphatic rings. The lowest BCUT2D eigenvalue weighted by molar-refractivity contribution is -0.0542. The van der Waals surface area contributed by atoms with E-state index in [-0.39, 0.29) is 0 Å². The van der Waals surface area contributed by atoms with Gasteiger partial charge in [-0.2, -0.15) is 0 Å². The number of nitrogens with zero attached hydrogens (tertiary/aromatic N) is 1. The summed E-state index contributed by atoms with van der Waals surface area (Å²) >= 11 is 0. The molecule has 0 aliphatic carbocycles. The topological polar surface area (TPSA) is 12.5 Å². The van der Waals surface area contributed by atoms with Crippen LogP contribution in [0.1, 0.15) is 6.92 Å². The van der Waals surface area contributed by atoms with Gasteiger partial charge in [-0.05, 0) is 13.6 Å². The van der Waals surface area contributed by atoms with E-state index in [2.05, 4.69) is 18.9 Å². The molecule has 0 bridgehead atoms. The first-order chi connectivity index (χ1) is 3.84. The zero-order chi connectivity index (χ0) is 5.98. The highest BCUT2D eigenvalue weighted by Crippen LogP contribution is 2.06. The number of hydrogen-bond acceptors (Lipinski definition) is 2. The lowest BCUT2D eigenvalue weighted by atomic mass is 10.2. The molecular formula is C6H13NO. The van der Waals surface area contributed by atoms with Crippen LogP contribution in [0.2, 0.25) is 0 Å². The van der Waals surface area contributed by atoms with Gasteiger partial charge in [0.05, 0.1) is 19.3 Å². The lowest BCUT2D eigenvalue weighted by Crippen LogP contribution is -2.46. The van der Waals surface area contributed by atoms with Gasteiger partial charge in [-0.15, -0.1) is 0 Å². The third-order valence-corrected chi connectivity index (χ3v) is 1.74. The molecule has 0 N–H and O–H groups in total. The molecule has 0 aromatic carbocycles. The Morgan fingerprint density at radius 1 is 1.62 bits per heavy atom. The van der Waals surface area contributed by atoms with Crippen molar-refractivity contribution in [3.63, 3.8) is 0 Å². The summed E-state index contributed by atoms with van der Waals surface area (Å²) < 4.78 is 5.02. The molecule has 1 saturated heterocycles. The van der Waals surface area contributed by atoms with Crippen molar-refractivity contribution in [1.29, 1.82) is 0 Å². The van der Waals surface area contributed by atoms with Gasteiger partial charge in [-0.3, -0.25) is 4.90 Å². The van der Waals surface area contributed by atoms with Crippen LogP contribution in [0.4, 0.5) is 0 Å². The summed E-state index contributed by atoms with van der Waals surface area (Å²) in [4.78, 5) is 2.31. The molecule has 1 heterocycles. The Hall–Kier alpha value is -0.0800. The maximum atomic E-state index is 5.02. The van der Waals surface area contributed by atoms with Crippen molar-refractivity contribution in [2.75, 3.05) is 26.8 Å². The van der Waals surface area contributed by atoms with E-state index < -0.39 is 0 Å². The van der Waals surface area contributed by atoms with Crippen LogP contribution < -0.4 is 0 Å². The molecule has 0 radical (unpaired) electrons. The third kappa shape index (κ3) is 1.01. The van der Waals surface area contributed by atoms with Gasteiger partial charge in [0.1, 0.15) is 0 Å². The van der Waals surface area contributed by atoms with E-state index >= 15 is 0 Å². The average Bonchev–Trinajstić information content (AvgIpc) is 1.62. The highest BCUT2D eigenvalue weighted by molar-refractivity contribution is 4.73. The average molecular weight is 115 g/mol. The van der Waals surface area contributed by atoms with Crippen LogP contribution in [0.15, 0.2) is 0 Å². The first-order valence-electron chi connectivity index (χ1n) is 3.12. The Labute approximate surface area is 50.4 Å². The maximum Gasteiger partial charge on any atom is 0.0645 e. The SMILES string of the molecule is CCN(C)C1COC1. The predicted octanol–water partition coefficient (Wildman–Crippen LogP) is 0.337. The van der Waals surface area contributed by atoms with Crippen LogP contribution >= 0.6 is 0 Å². The molecule has 0 atom stereocenters. The van der Waals surface area contributed by atoms with Crippen molar-refractivity contribution in [3.05, 3.63) is 0 Å². The quantitative estimate of drug-likeness (QED) is 0.514. The first-order valence-corrected chi connectivity index (χ1v) is 3.12.